The molecular weight excluding hydrogens is 268 g/mol. The van der Waals surface area contributed by atoms with Gasteiger partial charge in [0.15, 0.2) is 0 Å². The largest absolute Gasteiger partial charge is 0.495 e. The maximum Gasteiger partial charge on any atom is 0.233 e. The van der Waals surface area contributed by atoms with Gasteiger partial charge in [-0.15, -0.1) is 0 Å². The number of amides is 2. The van der Waals surface area contributed by atoms with Crippen molar-refractivity contribution in [3.63, 3.8) is 0 Å². The highest BCUT2D eigenvalue weighted by Gasteiger charge is 2.72. The van der Waals surface area contributed by atoms with Crippen LogP contribution in [-0.4, -0.2) is 23.8 Å². The fraction of sp³-hybridized carbons (Fsp3) is 0.438. The number of fused-ring (bicyclic) bond motifs is 1. The molecule has 0 radical (unpaired) electrons. The molecule has 1 aliphatic carbocycles. The summed E-state index contributed by atoms with van der Waals surface area (Å²) < 4.78 is 5.15. The molecule has 1 saturated carbocycles. The molecule has 2 aliphatic rings. The molecule has 0 bridgehead atoms. The Kier molecular flexibility index (Phi) is 2.80. The first-order valence-electron chi connectivity index (χ1n) is 6.84. The third-order valence-electron chi connectivity index (χ3n) is 4.62. The number of likely N-dealkylation sites (tertiary alicyclic amines) is 1. The number of nitrogens with zero attached hydrogens (tertiary/aromatic N) is 2. The Morgan fingerprint density at radius 3 is 2.43 bits per heavy atom. The topological polar surface area (TPSA) is 70.4 Å². The zero-order chi connectivity index (χ0) is 15.4. The Balaban J connectivity index is 1.82. The second kappa shape index (κ2) is 4.32. The number of methoxy groups -OCH3 is 1. The molecule has 2 amide bonds. The minimum absolute atomic E-state index is 0.0849. The van der Waals surface area contributed by atoms with E-state index in [0.29, 0.717) is 11.3 Å². The summed E-state index contributed by atoms with van der Waals surface area (Å²) in [6.45, 7) is 4.16. The summed E-state index contributed by atoms with van der Waals surface area (Å²) in [7, 11) is 1.49. The first-order chi connectivity index (χ1) is 9.91. The lowest BCUT2D eigenvalue weighted by Crippen LogP contribution is -2.35. The van der Waals surface area contributed by atoms with Crippen molar-refractivity contribution in [2.45, 2.75) is 20.4 Å². The van der Waals surface area contributed by atoms with Crippen molar-refractivity contribution in [1.29, 1.82) is 5.26 Å². The first kappa shape index (κ1) is 13.6. The summed E-state index contributed by atoms with van der Waals surface area (Å²) in [5, 5.41) is 8.96. The van der Waals surface area contributed by atoms with Crippen LogP contribution in [-0.2, 0) is 16.1 Å². The highest BCUT2D eigenvalue weighted by atomic mass is 16.5. The van der Waals surface area contributed by atoms with Crippen LogP contribution in [0.2, 0.25) is 0 Å². The monoisotopic (exact) mass is 284 g/mol. The highest BCUT2D eigenvalue weighted by Crippen LogP contribution is 2.63. The molecule has 1 aromatic rings. The number of hydrogen-bond donors (Lipinski definition) is 0. The quantitative estimate of drug-likeness (QED) is 0.792. The average molecular weight is 284 g/mol. The molecule has 3 rings (SSSR count). The summed E-state index contributed by atoms with van der Waals surface area (Å²) in [4.78, 5) is 25.9. The van der Waals surface area contributed by atoms with Gasteiger partial charge < -0.3 is 4.74 Å². The standard InChI is InChI=1S/C16H16N2O3/c1-16(2)12-13(16)15(20)18(14(12)19)8-9-4-5-10(7-17)11(6-9)21-3/h4-6,12-13H,8H2,1-3H3. The van der Waals surface area contributed by atoms with Gasteiger partial charge in [0.2, 0.25) is 11.8 Å². The first-order valence-corrected chi connectivity index (χ1v) is 6.84. The molecule has 21 heavy (non-hydrogen) atoms. The summed E-state index contributed by atoms with van der Waals surface area (Å²) in [5.74, 6) is -0.0354. The lowest BCUT2D eigenvalue weighted by molar-refractivity contribution is -0.143. The van der Waals surface area contributed by atoms with E-state index in [9.17, 15) is 9.59 Å². The molecule has 1 aromatic carbocycles. The minimum atomic E-state index is -0.187. The predicted molar refractivity (Wildman–Crippen MR) is 74.0 cm³/mol. The number of ether oxygens (including phenoxy) is 1. The van der Waals surface area contributed by atoms with Gasteiger partial charge in [-0.2, -0.15) is 5.26 Å². The van der Waals surface area contributed by atoms with Gasteiger partial charge in [-0.05, 0) is 23.1 Å². The fourth-order valence-corrected chi connectivity index (χ4v) is 3.27. The van der Waals surface area contributed by atoms with E-state index in [0.717, 1.165) is 5.56 Å². The summed E-state index contributed by atoms with van der Waals surface area (Å²) in [6.07, 6.45) is 0. The van der Waals surface area contributed by atoms with Gasteiger partial charge in [0.05, 0.1) is 31.1 Å². The second-order valence-electron chi connectivity index (χ2n) is 6.19. The molecule has 5 nitrogen and oxygen atoms in total. The molecule has 1 heterocycles. The van der Waals surface area contributed by atoms with Gasteiger partial charge in [0.1, 0.15) is 11.8 Å². The molecule has 1 aliphatic heterocycles. The van der Waals surface area contributed by atoms with Gasteiger partial charge in [0.25, 0.3) is 0 Å². The van der Waals surface area contributed by atoms with Crippen LogP contribution in [0, 0.1) is 28.6 Å². The number of nitriles is 1. The lowest BCUT2D eigenvalue weighted by Gasteiger charge is -2.20. The van der Waals surface area contributed by atoms with Crippen molar-refractivity contribution >= 4 is 11.8 Å². The molecule has 108 valence electrons. The third-order valence-corrected chi connectivity index (χ3v) is 4.62. The molecule has 2 unspecified atom stereocenters. The van der Waals surface area contributed by atoms with Crippen molar-refractivity contribution in [3.05, 3.63) is 29.3 Å². The zero-order valence-corrected chi connectivity index (χ0v) is 12.2. The Morgan fingerprint density at radius 2 is 1.90 bits per heavy atom. The summed E-state index contributed by atoms with van der Waals surface area (Å²) >= 11 is 0. The summed E-state index contributed by atoms with van der Waals surface area (Å²) in [6, 6.07) is 7.13. The van der Waals surface area contributed by atoms with E-state index in [4.69, 9.17) is 10.00 Å². The molecule has 0 N–H and O–H groups in total. The van der Waals surface area contributed by atoms with Crippen molar-refractivity contribution in [1.82, 2.24) is 4.90 Å². The van der Waals surface area contributed by atoms with Gasteiger partial charge >= 0.3 is 0 Å². The van der Waals surface area contributed by atoms with Gasteiger partial charge in [-0.3, -0.25) is 14.5 Å². The van der Waals surface area contributed by atoms with Crippen molar-refractivity contribution in [2.75, 3.05) is 7.11 Å². The minimum Gasteiger partial charge on any atom is -0.495 e. The average Bonchev–Trinajstić information content (AvgIpc) is 2.94. The molecule has 1 saturated heterocycles. The van der Waals surface area contributed by atoms with E-state index in [2.05, 4.69) is 0 Å². The van der Waals surface area contributed by atoms with Crippen LogP contribution in [0.1, 0.15) is 25.0 Å². The Labute approximate surface area is 123 Å². The second-order valence-corrected chi connectivity index (χ2v) is 6.19. The lowest BCUT2D eigenvalue weighted by atomic mass is 10.0. The molecule has 0 aromatic heterocycles. The van der Waals surface area contributed by atoms with Crippen molar-refractivity contribution in [2.24, 2.45) is 17.3 Å². The Morgan fingerprint density at radius 1 is 1.29 bits per heavy atom. The Hall–Kier alpha value is -2.35. The van der Waals surface area contributed by atoms with Crippen molar-refractivity contribution < 1.29 is 14.3 Å². The highest BCUT2D eigenvalue weighted by molar-refractivity contribution is 6.10. The van der Waals surface area contributed by atoms with Crippen molar-refractivity contribution in [3.8, 4) is 11.8 Å². The normalized spacial score (nSPS) is 25.5. The van der Waals surface area contributed by atoms with Crippen LogP contribution in [0.5, 0.6) is 5.75 Å². The summed E-state index contributed by atoms with van der Waals surface area (Å²) in [5.41, 5.74) is 1.03. The maximum atomic E-state index is 12.3. The van der Waals surface area contributed by atoms with Crippen LogP contribution >= 0.6 is 0 Å². The number of benzene rings is 1. The number of carbonyl (C=O) groups is 2. The molecule has 0 spiro atoms. The van der Waals surface area contributed by atoms with E-state index in [1.807, 2.05) is 19.9 Å². The molecule has 2 fully saturated rings. The van der Waals surface area contributed by atoms with Crippen LogP contribution in [0.3, 0.4) is 0 Å². The number of rotatable bonds is 3. The van der Waals surface area contributed by atoms with E-state index in [1.165, 1.54) is 12.0 Å². The number of hydrogen-bond acceptors (Lipinski definition) is 4. The molecular formula is C16H16N2O3. The number of piperidine rings is 1. The smallest absolute Gasteiger partial charge is 0.233 e. The Bertz CT molecular complexity index is 663. The van der Waals surface area contributed by atoms with E-state index in [1.54, 1.807) is 18.2 Å². The van der Waals surface area contributed by atoms with Crippen LogP contribution in [0.4, 0.5) is 0 Å². The van der Waals surface area contributed by atoms with Gasteiger partial charge in [-0.1, -0.05) is 19.9 Å². The molecule has 2 atom stereocenters. The zero-order valence-electron chi connectivity index (χ0n) is 12.2. The van der Waals surface area contributed by atoms with Gasteiger partial charge in [0, 0.05) is 0 Å². The van der Waals surface area contributed by atoms with Crippen LogP contribution in [0.15, 0.2) is 18.2 Å². The number of carbonyl (C=O) groups excluding carboxylic acids is 2. The fourth-order valence-electron chi connectivity index (χ4n) is 3.27. The van der Waals surface area contributed by atoms with E-state index >= 15 is 0 Å². The SMILES string of the molecule is COc1cc(CN2C(=O)C3C(C2=O)C3(C)C)ccc1C#N. The van der Waals surface area contributed by atoms with Crippen LogP contribution in [0.25, 0.3) is 0 Å². The predicted octanol–water partition coefficient (Wildman–Crippen LogP) is 1.71. The van der Waals surface area contributed by atoms with E-state index < -0.39 is 0 Å². The van der Waals surface area contributed by atoms with Gasteiger partial charge in [-0.25, -0.2) is 0 Å². The number of imide groups is 1. The molecule has 5 heteroatoms. The third kappa shape index (κ3) is 1.83. The van der Waals surface area contributed by atoms with E-state index in [-0.39, 0.29) is 35.6 Å². The maximum absolute atomic E-state index is 12.3. The van der Waals surface area contributed by atoms with Crippen LogP contribution < -0.4 is 4.74 Å².